The maximum atomic E-state index is 13.2. The average molecular weight is 300 g/mol. The van der Waals surface area contributed by atoms with Crippen molar-refractivity contribution in [1.29, 1.82) is 0 Å². The van der Waals surface area contributed by atoms with Gasteiger partial charge in [-0.25, -0.2) is 4.39 Å². The average Bonchev–Trinajstić information content (AvgIpc) is 2.62. The second-order valence-corrected chi connectivity index (χ2v) is 5.64. The van der Waals surface area contributed by atoms with Gasteiger partial charge in [0.25, 0.3) is 5.91 Å². The smallest absolute Gasteiger partial charge is 0.255 e. The second-order valence-electron chi connectivity index (χ2n) is 4.79. The SMILES string of the molecule is CC1CN(C(=O)c2cc(F)ccc2Br)CC1C. The van der Waals surface area contributed by atoms with Crippen molar-refractivity contribution in [3.05, 3.63) is 34.1 Å². The van der Waals surface area contributed by atoms with Gasteiger partial charge in [-0.15, -0.1) is 0 Å². The summed E-state index contributed by atoms with van der Waals surface area (Å²) < 4.78 is 13.8. The van der Waals surface area contributed by atoms with E-state index in [0.717, 1.165) is 13.1 Å². The highest BCUT2D eigenvalue weighted by atomic mass is 79.9. The molecule has 2 rings (SSSR count). The molecule has 1 saturated heterocycles. The van der Waals surface area contributed by atoms with E-state index in [1.54, 1.807) is 11.0 Å². The summed E-state index contributed by atoms with van der Waals surface area (Å²) in [6.45, 7) is 5.78. The Morgan fingerprint density at radius 1 is 1.35 bits per heavy atom. The third-order valence-corrected chi connectivity index (χ3v) is 4.13. The van der Waals surface area contributed by atoms with Gasteiger partial charge in [-0.3, -0.25) is 4.79 Å². The lowest BCUT2D eigenvalue weighted by Crippen LogP contribution is -2.29. The van der Waals surface area contributed by atoms with Gasteiger partial charge in [-0.2, -0.15) is 0 Å². The number of nitrogens with zero attached hydrogens (tertiary/aromatic N) is 1. The Hall–Kier alpha value is -0.900. The van der Waals surface area contributed by atoms with Gasteiger partial charge < -0.3 is 4.90 Å². The third-order valence-electron chi connectivity index (χ3n) is 3.43. The summed E-state index contributed by atoms with van der Waals surface area (Å²) in [6, 6.07) is 4.21. The molecule has 1 aliphatic rings. The number of benzene rings is 1. The number of carbonyl (C=O) groups excluding carboxylic acids is 1. The minimum Gasteiger partial charge on any atom is -0.338 e. The molecule has 92 valence electrons. The van der Waals surface area contributed by atoms with Crippen LogP contribution in [0.3, 0.4) is 0 Å². The van der Waals surface area contributed by atoms with E-state index in [-0.39, 0.29) is 11.7 Å². The van der Waals surface area contributed by atoms with E-state index in [2.05, 4.69) is 29.8 Å². The molecule has 1 aromatic carbocycles. The van der Waals surface area contributed by atoms with Crippen molar-refractivity contribution in [3.8, 4) is 0 Å². The van der Waals surface area contributed by atoms with Crippen LogP contribution in [0.4, 0.5) is 4.39 Å². The van der Waals surface area contributed by atoms with Crippen LogP contribution in [0.5, 0.6) is 0 Å². The molecule has 0 spiro atoms. The maximum Gasteiger partial charge on any atom is 0.255 e. The summed E-state index contributed by atoms with van der Waals surface area (Å²) in [6.07, 6.45) is 0. The van der Waals surface area contributed by atoms with E-state index in [4.69, 9.17) is 0 Å². The number of hydrogen-bond acceptors (Lipinski definition) is 1. The lowest BCUT2D eigenvalue weighted by molar-refractivity contribution is 0.0783. The molecule has 2 unspecified atom stereocenters. The Morgan fingerprint density at radius 2 is 1.94 bits per heavy atom. The maximum absolute atomic E-state index is 13.2. The first-order valence-electron chi connectivity index (χ1n) is 5.73. The van der Waals surface area contributed by atoms with Gasteiger partial charge in [0.15, 0.2) is 0 Å². The quantitative estimate of drug-likeness (QED) is 0.779. The van der Waals surface area contributed by atoms with Crippen LogP contribution in [0.1, 0.15) is 24.2 Å². The molecule has 1 aliphatic heterocycles. The number of rotatable bonds is 1. The van der Waals surface area contributed by atoms with Gasteiger partial charge in [-0.1, -0.05) is 13.8 Å². The molecule has 1 amide bonds. The first-order valence-corrected chi connectivity index (χ1v) is 6.52. The summed E-state index contributed by atoms with van der Waals surface area (Å²) in [5.41, 5.74) is 0.409. The molecule has 1 fully saturated rings. The predicted octanol–water partition coefficient (Wildman–Crippen LogP) is 3.32. The first-order chi connectivity index (χ1) is 7.99. The van der Waals surface area contributed by atoms with Gasteiger partial charge in [-0.05, 0) is 46.0 Å². The van der Waals surface area contributed by atoms with Crippen LogP contribution in [-0.4, -0.2) is 23.9 Å². The van der Waals surface area contributed by atoms with Crippen molar-refractivity contribution in [2.75, 3.05) is 13.1 Å². The summed E-state index contributed by atoms with van der Waals surface area (Å²) in [5, 5.41) is 0. The lowest BCUT2D eigenvalue weighted by atomic mass is 10.0. The van der Waals surface area contributed by atoms with Gasteiger partial charge in [0.1, 0.15) is 5.82 Å². The zero-order valence-corrected chi connectivity index (χ0v) is 11.5. The normalized spacial score (nSPS) is 24.1. The first kappa shape index (κ1) is 12.6. The molecule has 0 radical (unpaired) electrons. The predicted molar refractivity (Wildman–Crippen MR) is 68.3 cm³/mol. The standard InChI is InChI=1S/C13H15BrFNO/c1-8-6-16(7-9(8)2)13(17)11-5-10(15)3-4-12(11)14/h3-5,8-9H,6-7H2,1-2H3. The van der Waals surface area contributed by atoms with Crippen LogP contribution >= 0.6 is 15.9 Å². The fraction of sp³-hybridized carbons (Fsp3) is 0.462. The van der Waals surface area contributed by atoms with Crippen LogP contribution in [0, 0.1) is 17.7 Å². The highest BCUT2D eigenvalue weighted by Crippen LogP contribution is 2.26. The summed E-state index contributed by atoms with van der Waals surface area (Å²) >= 11 is 3.29. The minimum atomic E-state index is -0.378. The van der Waals surface area contributed by atoms with Crippen molar-refractivity contribution >= 4 is 21.8 Å². The molecule has 0 saturated carbocycles. The third kappa shape index (κ3) is 2.51. The molecule has 1 aromatic rings. The van der Waals surface area contributed by atoms with Crippen LogP contribution in [0.15, 0.2) is 22.7 Å². The van der Waals surface area contributed by atoms with Gasteiger partial charge in [0.2, 0.25) is 0 Å². The largest absolute Gasteiger partial charge is 0.338 e. The number of likely N-dealkylation sites (tertiary alicyclic amines) is 1. The Kier molecular flexibility index (Phi) is 3.52. The Morgan fingerprint density at radius 3 is 2.53 bits per heavy atom. The molecule has 0 aromatic heterocycles. The molecule has 17 heavy (non-hydrogen) atoms. The summed E-state index contributed by atoms with van der Waals surface area (Å²) in [4.78, 5) is 14.0. The number of amides is 1. The Labute approximate surface area is 109 Å². The highest BCUT2D eigenvalue weighted by Gasteiger charge is 2.30. The molecule has 1 heterocycles. The van der Waals surface area contributed by atoms with Crippen molar-refractivity contribution < 1.29 is 9.18 Å². The molecule has 0 N–H and O–H groups in total. The Bertz CT molecular complexity index is 439. The summed E-state index contributed by atoms with van der Waals surface area (Å²) in [5.74, 6) is 0.544. The van der Waals surface area contributed by atoms with Crippen LogP contribution in [0.25, 0.3) is 0 Å². The lowest BCUT2D eigenvalue weighted by Gasteiger charge is -2.17. The van der Waals surface area contributed by atoms with E-state index in [0.29, 0.717) is 21.9 Å². The molecule has 4 heteroatoms. The highest BCUT2D eigenvalue weighted by molar-refractivity contribution is 9.10. The number of carbonyl (C=O) groups is 1. The van der Waals surface area contributed by atoms with Gasteiger partial charge in [0.05, 0.1) is 5.56 Å². The minimum absolute atomic E-state index is 0.0902. The van der Waals surface area contributed by atoms with Crippen LogP contribution in [-0.2, 0) is 0 Å². The second kappa shape index (κ2) is 4.77. The topological polar surface area (TPSA) is 20.3 Å². The van der Waals surface area contributed by atoms with E-state index in [1.807, 2.05) is 0 Å². The van der Waals surface area contributed by atoms with Crippen LogP contribution in [0.2, 0.25) is 0 Å². The molecule has 2 nitrogen and oxygen atoms in total. The summed E-state index contributed by atoms with van der Waals surface area (Å²) in [7, 11) is 0. The molecule has 2 atom stereocenters. The van der Waals surface area contributed by atoms with Crippen molar-refractivity contribution in [2.45, 2.75) is 13.8 Å². The Balaban J connectivity index is 2.23. The van der Waals surface area contributed by atoms with Gasteiger partial charge in [0, 0.05) is 17.6 Å². The molecule has 0 aliphatic carbocycles. The number of hydrogen-bond donors (Lipinski definition) is 0. The molecular formula is C13H15BrFNO. The van der Waals surface area contributed by atoms with E-state index < -0.39 is 0 Å². The molecule has 0 bridgehead atoms. The van der Waals surface area contributed by atoms with Crippen molar-refractivity contribution in [1.82, 2.24) is 4.90 Å². The zero-order valence-electron chi connectivity index (χ0n) is 9.91. The monoisotopic (exact) mass is 299 g/mol. The zero-order chi connectivity index (χ0) is 12.6. The molecular weight excluding hydrogens is 285 g/mol. The van der Waals surface area contributed by atoms with E-state index in [1.165, 1.54) is 12.1 Å². The number of halogens is 2. The fourth-order valence-electron chi connectivity index (χ4n) is 2.13. The van der Waals surface area contributed by atoms with Crippen molar-refractivity contribution in [2.24, 2.45) is 11.8 Å². The van der Waals surface area contributed by atoms with E-state index >= 15 is 0 Å². The fourth-order valence-corrected chi connectivity index (χ4v) is 2.54. The van der Waals surface area contributed by atoms with E-state index in [9.17, 15) is 9.18 Å². The van der Waals surface area contributed by atoms with Crippen LogP contribution < -0.4 is 0 Å². The van der Waals surface area contributed by atoms with Crippen molar-refractivity contribution in [3.63, 3.8) is 0 Å². The van der Waals surface area contributed by atoms with Gasteiger partial charge >= 0.3 is 0 Å².